The molecule has 4 aliphatic carbocycles. The highest BCUT2D eigenvalue weighted by Gasteiger charge is 2.69. The number of fused-ring (bicyclic) bond motifs is 7. The molecule has 4 saturated carbocycles. The molecule has 3 aliphatic heterocycles. The molecule has 0 bridgehead atoms. The SMILES string of the molecule is C[C@H]1CC[C@@]2(OC1)O[C@H]1C[C@H]3[C@@H]4CC[C@@H]5C[C@H](NC(=O)N6CCN(C)CC6)CC[C@]5(C)[C@H]4CC[C@]3(C)[C@H]1[C@@H]2C. The molecule has 39 heavy (non-hydrogen) atoms. The van der Waals surface area contributed by atoms with E-state index in [0.717, 1.165) is 69.3 Å². The van der Waals surface area contributed by atoms with Gasteiger partial charge in [0.15, 0.2) is 5.79 Å². The van der Waals surface area contributed by atoms with Crippen molar-refractivity contribution in [3.05, 3.63) is 0 Å². The van der Waals surface area contributed by atoms with E-state index in [9.17, 15) is 4.79 Å². The topological polar surface area (TPSA) is 54.0 Å². The van der Waals surface area contributed by atoms with Crippen LogP contribution in [0.3, 0.4) is 0 Å². The highest BCUT2D eigenvalue weighted by Crippen LogP contribution is 2.71. The average molecular weight is 542 g/mol. The van der Waals surface area contributed by atoms with Crippen LogP contribution in [0.4, 0.5) is 4.79 Å². The fourth-order valence-electron chi connectivity index (χ4n) is 11.7. The molecule has 2 amide bonds. The monoisotopic (exact) mass is 541 g/mol. The van der Waals surface area contributed by atoms with E-state index in [1.54, 1.807) is 0 Å². The molecular weight excluding hydrogens is 486 g/mol. The van der Waals surface area contributed by atoms with Crippen molar-refractivity contribution in [1.29, 1.82) is 0 Å². The largest absolute Gasteiger partial charge is 0.349 e. The summed E-state index contributed by atoms with van der Waals surface area (Å²) in [6.45, 7) is 14.6. The maximum absolute atomic E-state index is 13.0. The molecule has 220 valence electrons. The van der Waals surface area contributed by atoms with Gasteiger partial charge in [-0.25, -0.2) is 4.79 Å². The Morgan fingerprint density at radius 1 is 0.872 bits per heavy atom. The second kappa shape index (κ2) is 9.59. The van der Waals surface area contributed by atoms with Gasteiger partial charge >= 0.3 is 6.03 Å². The quantitative estimate of drug-likeness (QED) is 0.459. The Kier molecular flexibility index (Phi) is 6.64. The summed E-state index contributed by atoms with van der Waals surface area (Å²) in [5, 5.41) is 3.47. The van der Waals surface area contributed by atoms with Crippen molar-refractivity contribution >= 4 is 6.03 Å². The van der Waals surface area contributed by atoms with Crippen molar-refractivity contribution < 1.29 is 14.3 Å². The van der Waals surface area contributed by atoms with Crippen molar-refractivity contribution in [3.8, 4) is 0 Å². The van der Waals surface area contributed by atoms with Crippen LogP contribution in [0.15, 0.2) is 0 Å². The fourth-order valence-corrected chi connectivity index (χ4v) is 11.7. The van der Waals surface area contributed by atoms with Crippen LogP contribution in [0.2, 0.25) is 0 Å². The van der Waals surface area contributed by atoms with Crippen LogP contribution in [-0.2, 0) is 9.47 Å². The van der Waals surface area contributed by atoms with Crippen LogP contribution in [0.1, 0.15) is 91.9 Å². The van der Waals surface area contributed by atoms with Gasteiger partial charge in [0.25, 0.3) is 0 Å². The number of urea groups is 1. The summed E-state index contributed by atoms with van der Waals surface area (Å²) in [6, 6.07) is 0.537. The lowest BCUT2D eigenvalue weighted by Gasteiger charge is -2.61. The first-order chi connectivity index (χ1) is 18.6. The predicted octanol–water partition coefficient (Wildman–Crippen LogP) is 5.76. The zero-order chi connectivity index (χ0) is 27.2. The number of carbonyl (C=O) groups excluding carboxylic acids is 1. The Hall–Kier alpha value is -0.850. The van der Waals surface area contributed by atoms with Crippen molar-refractivity contribution in [2.45, 2.75) is 110 Å². The van der Waals surface area contributed by atoms with Gasteiger partial charge in [0.1, 0.15) is 0 Å². The van der Waals surface area contributed by atoms with E-state index < -0.39 is 0 Å². The fraction of sp³-hybridized carbons (Fsp3) is 0.970. The average Bonchev–Trinajstić information content (AvgIpc) is 3.36. The Bertz CT molecular complexity index is 942. The van der Waals surface area contributed by atoms with Gasteiger partial charge in [0, 0.05) is 44.6 Å². The Morgan fingerprint density at radius 3 is 2.38 bits per heavy atom. The number of amides is 2. The van der Waals surface area contributed by atoms with Crippen LogP contribution in [0.5, 0.6) is 0 Å². The normalized spacial score (nSPS) is 53.6. The first-order valence-electron chi connectivity index (χ1n) is 16.7. The second-order valence-corrected chi connectivity index (χ2v) is 15.9. The molecule has 0 aromatic rings. The molecule has 1 spiro atoms. The smallest absolute Gasteiger partial charge is 0.317 e. The van der Waals surface area contributed by atoms with E-state index in [2.05, 4.69) is 45.0 Å². The summed E-state index contributed by atoms with van der Waals surface area (Å²) in [5.74, 6) is 4.79. The molecule has 0 unspecified atom stereocenters. The van der Waals surface area contributed by atoms with Gasteiger partial charge in [0.2, 0.25) is 0 Å². The zero-order valence-corrected chi connectivity index (χ0v) is 25.4. The first-order valence-corrected chi connectivity index (χ1v) is 16.7. The number of ether oxygens (including phenoxy) is 2. The number of nitrogens with zero attached hydrogens (tertiary/aromatic N) is 2. The maximum Gasteiger partial charge on any atom is 0.317 e. The summed E-state index contributed by atoms with van der Waals surface area (Å²) in [7, 11) is 2.15. The molecule has 3 saturated heterocycles. The van der Waals surface area contributed by atoms with E-state index in [0.29, 0.717) is 40.7 Å². The summed E-state index contributed by atoms with van der Waals surface area (Å²) >= 11 is 0. The van der Waals surface area contributed by atoms with Crippen LogP contribution < -0.4 is 5.32 Å². The molecular formula is C33H55N3O3. The highest BCUT2D eigenvalue weighted by molar-refractivity contribution is 5.74. The second-order valence-electron chi connectivity index (χ2n) is 15.9. The van der Waals surface area contributed by atoms with Crippen molar-refractivity contribution in [3.63, 3.8) is 0 Å². The maximum atomic E-state index is 13.0. The number of hydrogen-bond donors (Lipinski definition) is 1. The van der Waals surface area contributed by atoms with E-state index in [-0.39, 0.29) is 11.8 Å². The Morgan fingerprint density at radius 2 is 1.64 bits per heavy atom. The Balaban J connectivity index is 1.02. The minimum Gasteiger partial charge on any atom is -0.349 e. The van der Waals surface area contributed by atoms with Gasteiger partial charge < -0.3 is 24.6 Å². The van der Waals surface area contributed by atoms with Crippen molar-refractivity contribution in [1.82, 2.24) is 15.1 Å². The molecule has 0 radical (unpaired) electrons. The third-order valence-electron chi connectivity index (χ3n) is 14.1. The zero-order valence-electron chi connectivity index (χ0n) is 25.4. The van der Waals surface area contributed by atoms with E-state index in [4.69, 9.17) is 9.47 Å². The molecule has 0 aromatic heterocycles. The molecule has 6 nitrogen and oxygen atoms in total. The minimum absolute atomic E-state index is 0.180. The van der Waals surface area contributed by atoms with Gasteiger partial charge in [-0.1, -0.05) is 27.7 Å². The lowest BCUT2D eigenvalue weighted by molar-refractivity contribution is -0.273. The minimum atomic E-state index is -0.302. The van der Waals surface area contributed by atoms with E-state index in [1.807, 2.05) is 4.90 Å². The number of nitrogens with one attached hydrogen (secondary N) is 1. The van der Waals surface area contributed by atoms with Gasteiger partial charge in [-0.05, 0) is 111 Å². The van der Waals surface area contributed by atoms with E-state index >= 15 is 0 Å². The van der Waals surface area contributed by atoms with Crippen LogP contribution in [-0.4, -0.2) is 73.6 Å². The lowest BCUT2D eigenvalue weighted by atomic mass is 9.44. The predicted molar refractivity (Wildman–Crippen MR) is 153 cm³/mol. The molecule has 0 aromatic carbocycles. The molecule has 1 N–H and O–H groups in total. The van der Waals surface area contributed by atoms with Gasteiger partial charge in [0.05, 0.1) is 12.7 Å². The van der Waals surface area contributed by atoms with Crippen LogP contribution >= 0.6 is 0 Å². The number of piperazine rings is 1. The van der Waals surface area contributed by atoms with Crippen molar-refractivity contribution in [2.75, 3.05) is 39.8 Å². The molecule has 3 heterocycles. The molecule has 7 aliphatic rings. The lowest BCUT2D eigenvalue weighted by Crippen LogP contribution is -2.57. The number of likely N-dealkylation sites (N-methyl/N-ethyl adjacent to an activating group) is 1. The van der Waals surface area contributed by atoms with Gasteiger partial charge in [-0.15, -0.1) is 0 Å². The standard InChI is InChI=1S/C33H55N3O3/c1-21-8-13-33(38-20-21)22(2)29-28(39-33)19-27-25-7-6-23-18-24(34-30(37)36-16-14-35(5)15-17-36)9-11-31(23,3)26(25)10-12-32(27,29)4/h21-29H,6-20H2,1-5H3,(H,34,37)/t21-,22-,23+,24+,25+,26-,27-,28-,29-,31-,32-,33+/m0/s1. The van der Waals surface area contributed by atoms with Gasteiger partial charge in [-0.3, -0.25) is 0 Å². The number of carbonyl (C=O) groups is 1. The summed E-state index contributed by atoms with van der Waals surface area (Å²) in [4.78, 5) is 17.4. The van der Waals surface area contributed by atoms with Crippen LogP contribution in [0, 0.1) is 52.3 Å². The van der Waals surface area contributed by atoms with Crippen LogP contribution in [0.25, 0.3) is 0 Å². The van der Waals surface area contributed by atoms with Gasteiger partial charge in [-0.2, -0.15) is 0 Å². The molecule has 12 atom stereocenters. The number of hydrogen-bond acceptors (Lipinski definition) is 4. The molecule has 7 fully saturated rings. The first kappa shape index (κ1) is 27.0. The third kappa shape index (κ3) is 4.15. The summed E-state index contributed by atoms with van der Waals surface area (Å²) in [6.07, 6.45) is 13.1. The third-order valence-corrected chi connectivity index (χ3v) is 14.1. The number of rotatable bonds is 1. The summed E-state index contributed by atoms with van der Waals surface area (Å²) < 4.78 is 13.5. The highest BCUT2D eigenvalue weighted by atomic mass is 16.7. The molecule has 7 rings (SSSR count). The summed E-state index contributed by atoms with van der Waals surface area (Å²) in [5.41, 5.74) is 0.839. The van der Waals surface area contributed by atoms with Crippen molar-refractivity contribution in [2.24, 2.45) is 52.3 Å². The Labute approximate surface area is 237 Å². The molecule has 6 heteroatoms. The van der Waals surface area contributed by atoms with E-state index in [1.165, 1.54) is 51.4 Å².